The number of halogens is 1. The molecule has 4 rings (SSSR count). The minimum absolute atomic E-state index is 0.210. The lowest BCUT2D eigenvalue weighted by Gasteiger charge is -2.20. The number of allylic oxidation sites excluding steroid dienone is 1. The Morgan fingerprint density at radius 3 is 2.89 bits per heavy atom. The lowest BCUT2D eigenvalue weighted by atomic mass is 10.1. The second-order valence-corrected chi connectivity index (χ2v) is 6.51. The summed E-state index contributed by atoms with van der Waals surface area (Å²) in [5, 5.41) is 0.582. The van der Waals surface area contributed by atoms with Crippen molar-refractivity contribution in [3.8, 4) is 17.2 Å². The number of methoxy groups -OCH3 is 1. The third-order valence-electron chi connectivity index (χ3n) is 4.34. The van der Waals surface area contributed by atoms with Crippen LogP contribution in [-0.4, -0.2) is 35.7 Å². The molecule has 0 aliphatic carbocycles. The van der Waals surface area contributed by atoms with Crippen molar-refractivity contribution in [1.82, 2.24) is 9.55 Å². The van der Waals surface area contributed by atoms with Gasteiger partial charge in [0.15, 0.2) is 17.3 Å². The molecule has 0 saturated carbocycles. The lowest BCUT2D eigenvalue weighted by Crippen LogP contribution is -2.16. The molecule has 0 unspecified atom stereocenters. The van der Waals surface area contributed by atoms with Gasteiger partial charge in [0.25, 0.3) is 0 Å². The molecule has 0 saturated heterocycles. The van der Waals surface area contributed by atoms with Crippen LogP contribution in [0.25, 0.3) is 17.1 Å². The van der Waals surface area contributed by atoms with Gasteiger partial charge in [0.1, 0.15) is 13.2 Å². The largest absolute Gasteiger partial charge is 0.493 e. The highest BCUT2D eigenvalue weighted by Gasteiger charge is 2.18. The first-order valence-corrected chi connectivity index (χ1v) is 8.76. The van der Waals surface area contributed by atoms with Crippen molar-refractivity contribution in [2.24, 2.45) is 7.05 Å². The summed E-state index contributed by atoms with van der Waals surface area (Å²) >= 11 is 6.01. The molecule has 0 atom stereocenters. The number of hydrogen-bond donors (Lipinski definition) is 0. The molecule has 3 aromatic rings. The Balaban J connectivity index is 1.65. The van der Waals surface area contributed by atoms with Crippen LogP contribution in [0, 0.1) is 0 Å². The van der Waals surface area contributed by atoms with Gasteiger partial charge in [-0.15, -0.1) is 0 Å². The summed E-state index contributed by atoms with van der Waals surface area (Å²) in [6.45, 7) is 0.957. The third kappa shape index (κ3) is 3.24. The summed E-state index contributed by atoms with van der Waals surface area (Å²) in [6.07, 6.45) is 3.18. The van der Waals surface area contributed by atoms with Crippen LogP contribution in [0.5, 0.6) is 17.2 Å². The quantitative estimate of drug-likeness (QED) is 0.504. The summed E-state index contributed by atoms with van der Waals surface area (Å²) in [5.74, 6) is 1.88. The number of aryl methyl sites for hydroxylation is 1. The van der Waals surface area contributed by atoms with Crippen LogP contribution < -0.4 is 14.2 Å². The molecule has 138 valence electrons. The van der Waals surface area contributed by atoms with Gasteiger partial charge in [-0.2, -0.15) is 0 Å². The standard InChI is InChI=1S/C20H17ClN2O4/c1-23-15-5-4-13(21)11-14(15)22-20(23)16(24)6-3-12-9-17(25-2)19-18(10-12)26-7-8-27-19/h3-6,9-11H,7-8H2,1-2H3/b6-3-. The van der Waals surface area contributed by atoms with Crippen molar-refractivity contribution >= 4 is 34.5 Å². The van der Waals surface area contributed by atoms with E-state index in [1.54, 1.807) is 43.0 Å². The molecule has 27 heavy (non-hydrogen) atoms. The number of ketones is 1. The molecule has 6 nitrogen and oxygen atoms in total. The molecular weight excluding hydrogens is 368 g/mol. The van der Waals surface area contributed by atoms with Crippen molar-refractivity contribution in [2.75, 3.05) is 20.3 Å². The molecule has 0 fully saturated rings. The number of fused-ring (bicyclic) bond motifs is 2. The molecule has 0 radical (unpaired) electrons. The number of nitrogens with zero attached hydrogens (tertiary/aromatic N) is 2. The van der Waals surface area contributed by atoms with E-state index in [2.05, 4.69) is 4.98 Å². The fraction of sp³-hybridized carbons (Fsp3) is 0.200. The first-order chi connectivity index (χ1) is 13.1. The van der Waals surface area contributed by atoms with Gasteiger partial charge < -0.3 is 18.8 Å². The zero-order chi connectivity index (χ0) is 19.0. The molecule has 7 heteroatoms. The number of aromatic nitrogens is 2. The summed E-state index contributed by atoms with van der Waals surface area (Å²) < 4.78 is 18.3. The van der Waals surface area contributed by atoms with Crippen LogP contribution >= 0.6 is 11.6 Å². The van der Waals surface area contributed by atoms with Gasteiger partial charge in [0.05, 0.1) is 18.1 Å². The zero-order valence-corrected chi connectivity index (χ0v) is 15.6. The first-order valence-electron chi connectivity index (χ1n) is 8.39. The Morgan fingerprint density at radius 2 is 2.07 bits per heavy atom. The molecule has 2 heterocycles. The smallest absolute Gasteiger partial charge is 0.221 e. The number of imidazole rings is 1. The zero-order valence-electron chi connectivity index (χ0n) is 14.9. The SMILES string of the molecule is COc1cc(/C=C\C(=O)c2nc3cc(Cl)ccc3n2C)cc2c1OCCO2. The Labute approximate surface area is 160 Å². The van der Waals surface area contributed by atoms with E-state index < -0.39 is 0 Å². The molecule has 1 aliphatic rings. The van der Waals surface area contributed by atoms with Crippen molar-refractivity contribution in [3.63, 3.8) is 0 Å². The van der Waals surface area contributed by atoms with E-state index in [1.807, 2.05) is 12.1 Å². The van der Waals surface area contributed by atoms with Crippen LogP contribution in [0.1, 0.15) is 16.2 Å². The lowest BCUT2D eigenvalue weighted by molar-refractivity contribution is 0.103. The highest BCUT2D eigenvalue weighted by Crippen LogP contribution is 2.40. The van der Waals surface area contributed by atoms with E-state index >= 15 is 0 Å². The molecule has 0 amide bonds. The predicted molar refractivity (Wildman–Crippen MR) is 103 cm³/mol. The highest BCUT2D eigenvalue weighted by atomic mass is 35.5. The minimum Gasteiger partial charge on any atom is -0.493 e. The van der Waals surface area contributed by atoms with Crippen molar-refractivity contribution in [2.45, 2.75) is 0 Å². The minimum atomic E-state index is -0.210. The summed E-state index contributed by atoms with van der Waals surface area (Å²) in [4.78, 5) is 17.0. The molecule has 1 aromatic heterocycles. The number of carbonyl (C=O) groups is 1. The van der Waals surface area contributed by atoms with Crippen LogP contribution in [-0.2, 0) is 7.05 Å². The molecular formula is C20H17ClN2O4. The number of ether oxygens (including phenoxy) is 3. The Kier molecular flexibility index (Phi) is 4.49. The number of benzene rings is 2. The van der Waals surface area contributed by atoms with E-state index in [-0.39, 0.29) is 5.78 Å². The van der Waals surface area contributed by atoms with Crippen LogP contribution in [0.15, 0.2) is 36.4 Å². The van der Waals surface area contributed by atoms with Crippen molar-refractivity contribution < 1.29 is 19.0 Å². The Bertz CT molecular complexity index is 1050. The van der Waals surface area contributed by atoms with Crippen LogP contribution in [0.4, 0.5) is 0 Å². The Morgan fingerprint density at radius 1 is 1.26 bits per heavy atom. The van der Waals surface area contributed by atoms with Gasteiger partial charge in [-0.25, -0.2) is 4.98 Å². The van der Waals surface area contributed by atoms with E-state index in [1.165, 1.54) is 6.08 Å². The van der Waals surface area contributed by atoms with E-state index in [4.69, 9.17) is 25.8 Å². The first kappa shape index (κ1) is 17.4. The van der Waals surface area contributed by atoms with Crippen molar-refractivity contribution in [1.29, 1.82) is 0 Å². The normalized spacial score (nSPS) is 13.3. The average molecular weight is 385 g/mol. The topological polar surface area (TPSA) is 62.6 Å². The molecule has 0 N–H and O–H groups in total. The fourth-order valence-electron chi connectivity index (χ4n) is 3.03. The number of rotatable bonds is 4. The number of hydrogen-bond acceptors (Lipinski definition) is 5. The maximum atomic E-state index is 12.6. The number of carbonyl (C=O) groups excluding carboxylic acids is 1. The second-order valence-electron chi connectivity index (χ2n) is 6.07. The monoisotopic (exact) mass is 384 g/mol. The van der Waals surface area contributed by atoms with Crippen LogP contribution in [0.2, 0.25) is 5.02 Å². The summed E-state index contributed by atoms with van der Waals surface area (Å²) in [7, 11) is 3.37. The van der Waals surface area contributed by atoms with Gasteiger partial charge in [-0.3, -0.25) is 4.79 Å². The highest BCUT2D eigenvalue weighted by molar-refractivity contribution is 6.31. The van der Waals surface area contributed by atoms with E-state index in [0.717, 1.165) is 11.1 Å². The maximum absolute atomic E-state index is 12.6. The van der Waals surface area contributed by atoms with Gasteiger partial charge in [0, 0.05) is 12.1 Å². The average Bonchev–Trinajstić information content (AvgIpc) is 3.01. The van der Waals surface area contributed by atoms with E-state index in [9.17, 15) is 4.79 Å². The Hall–Kier alpha value is -2.99. The van der Waals surface area contributed by atoms with E-state index in [0.29, 0.717) is 46.8 Å². The molecule has 0 spiro atoms. The van der Waals surface area contributed by atoms with Gasteiger partial charge in [-0.05, 0) is 42.0 Å². The third-order valence-corrected chi connectivity index (χ3v) is 4.58. The molecule has 2 aromatic carbocycles. The van der Waals surface area contributed by atoms with Gasteiger partial charge >= 0.3 is 0 Å². The molecule has 1 aliphatic heterocycles. The fourth-order valence-corrected chi connectivity index (χ4v) is 3.20. The molecule has 0 bridgehead atoms. The van der Waals surface area contributed by atoms with Crippen molar-refractivity contribution in [3.05, 3.63) is 52.8 Å². The summed E-state index contributed by atoms with van der Waals surface area (Å²) in [5.41, 5.74) is 2.30. The summed E-state index contributed by atoms with van der Waals surface area (Å²) in [6, 6.07) is 8.97. The van der Waals surface area contributed by atoms with Crippen LogP contribution in [0.3, 0.4) is 0 Å². The maximum Gasteiger partial charge on any atom is 0.221 e. The van der Waals surface area contributed by atoms with Gasteiger partial charge in [0.2, 0.25) is 11.5 Å². The predicted octanol–water partition coefficient (Wildman–Crippen LogP) is 3.90. The second kappa shape index (κ2) is 6.96. The van der Waals surface area contributed by atoms with Gasteiger partial charge in [-0.1, -0.05) is 17.7 Å².